The highest BCUT2D eigenvalue weighted by Crippen LogP contribution is 2.26. The quantitative estimate of drug-likeness (QED) is 0.279. The van der Waals surface area contributed by atoms with Crippen molar-refractivity contribution in [3.05, 3.63) is 35.4 Å². The summed E-state index contributed by atoms with van der Waals surface area (Å²) in [7, 11) is 0. The lowest BCUT2D eigenvalue weighted by molar-refractivity contribution is -0.143. The molecule has 1 aromatic carbocycles. The zero-order valence-corrected chi connectivity index (χ0v) is 25.1. The maximum Gasteiger partial charge on any atom is 0.408 e. The molecule has 1 saturated carbocycles. The molecular weight excluding hydrogens is 508 g/mol. The third-order valence-electron chi connectivity index (χ3n) is 7.15. The first-order valence-corrected chi connectivity index (χ1v) is 14.9. The number of ether oxygens (including phenoxy) is 1. The summed E-state index contributed by atoms with van der Waals surface area (Å²) in [6, 6.07) is 5.58. The highest BCUT2D eigenvalue weighted by atomic mass is 16.6. The number of primary amides is 1. The van der Waals surface area contributed by atoms with Gasteiger partial charge in [-0.25, -0.2) is 4.79 Å². The molecule has 1 fully saturated rings. The first-order valence-electron chi connectivity index (χ1n) is 14.9. The number of nitrogens with one attached hydrogen (secondary N) is 2. The number of hydrogen-bond acceptors (Lipinski definition) is 5. The van der Waals surface area contributed by atoms with Crippen LogP contribution < -0.4 is 16.4 Å². The number of carbonyl (C=O) groups is 4. The van der Waals surface area contributed by atoms with E-state index in [0.29, 0.717) is 18.5 Å². The van der Waals surface area contributed by atoms with Gasteiger partial charge in [-0.1, -0.05) is 76.6 Å². The largest absolute Gasteiger partial charge is 0.444 e. The maximum absolute atomic E-state index is 14.1. The number of carbonyl (C=O) groups excluding carboxylic acids is 4. The summed E-state index contributed by atoms with van der Waals surface area (Å²) in [4.78, 5) is 54.2. The average Bonchev–Trinajstić information content (AvgIpc) is 2.89. The maximum atomic E-state index is 14.1. The van der Waals surface area contributed by atoms with Gasteiger partial charge in [-0.2, -0.15) is 0 Å². The van der Waals surface area contributed by atoms with Crippen LogP contribution in [0.25, 0.3) is 0 Å². The molecule has 1 aliphatic rings. The van der Waals surface area contributed by atoms with Gasteiger partial charge in [-0.15, -0.1) is 0 Å². The first kappa shape index (κ1) is 33.1. The zero-order valence-electron chi connectivity index (χ0n) is 25.1. The Hall–Kier alpha value is -3.10. The van der Waals surface area contributed by atoms with Crippen LogP contribution in [0.2, 0.25) is 0 Å². The smallest absolute Gasteiger partial charge is 0.408 e. The van der Waals surface area contributed by atoms with E-state index in [9.17, 15) is 19.2 Å². The Bertz CT molecular complexity index is 967. The number of alkyl carbamates (subject to hydrolysis) is 1. The average molecular weight is 559 g/mol. The summed E-state index contributed by atoms with van der Waals surface area (Å²) in [5.41, 5.74) is 6.50. The molecule has 1 aliphatic carbocycles. The SMILES string of the molecule is CCCCCCN(C(=O)C(CC(N)=O)NC(=O)OC(C)(C)C)C(C(=O)NC1CCCCC1)c1ccc(CC)cc1. The number of unbranched alkanes of at least 4 members (excludes halogenated alkanes) is 3. The highest BCUT2D eigenvalue weighted by molar-refractivity contribution is 5.94. The Morgan fingerprint density at radius 3 is 2.20 bits per heavy atom. The van der Waals surface area contributed by atoms with Gasteiger partial charge in [-0.05, 0) is 57.6 Å². The fourth-order valence-corrected chi connectivity index (χ4v) is 5.06. The molecule has 0 aromatic heterocycles. The number of aryl methyl sites for hydroxylation is 1. The van der Waals surface area contributed by atoms with Gasteiger partial charge in [-0.3, -0.25) is 14.4 Å². The molecule has 4 N–H and O–H groups in total. The van der Waals surface area contributed by atoms with Crippen LogP contribution >= 0.6 is 0 Å². The van der Waals surface area contributed by atoms with Gasteiger partial charge in [0.15, 0.2) is 0 Å². The third-order valence-corrected chi connectivity index (χ3v) is 7.15. The predicted molar refractivity (Wildman–Crippen MR) is 156 cm³/mol. The van der Waals surface area contributed by atoms with Gasteiger partial charge in [0.1, 0.15) is 17.7 Å². The van der Waals surface area contributed by atoms with Gasteiger partial charge < -0.3 is 26.0 Å². The van der Waals surface area contributed by atoms with Crippen molar-refractivity contribution in [3.63, 3.8) is 0 Å². The number of hydrogen-bond donors (Lipinski definition) is 3. The normalized spacial score (nSPS) is 15.5. The topological polar surface area (TPSA) is 131 Å². The Balaban J connectivity index is 2.48. The van der Waals surface area contributed by atoms with Crippen molar-refractivity contribution in [1.82, 2.24) is 15.5 Å². The fourth-order valence-electron chi connectivity index (χ4n) is 5.06. The van der Waals surface area contributed by atoms with E-state index in [2.05, 4.69) is 24.5 Å². The number of nitrogens with zero attached hydrogens (tertiary/aromatic N) is 1. The van der Waals surface area contributed by atoms with Crippen molar-refractivity contribution in [2.24, 2.45) is 5.73 Å². The molecule has 2 atom stereocenters. The van der Waals surface area contributed by atoms with E-state index >= 15 is 0 Å². The lowest BCUT2D eigenvalue weighted by Gasteiger charge is -2.35. The minimum Gasteiger partial charge on any atom is -0.444 e. The summed E-state index contributed by atoms with van der Waals surface area (Å²) >= 11 is 0. The second-order valence-corrected chi connectivity index (χ2v) is 11.8. The van der Waals surface area contributed by atoms with E-state index in [1.54, 1.807) is 20.8 Å². The minimum absolute atomic E-state index is 0.0528. The fraction of sp³-hybridized carbons (Fsp3) is 0.677. The van der Waals surface area contributed by atoms with Crippen LogP contribution in [0, 0.1) is 0 Å². The van der Waals surface area contributed by atoms with Crippen molar-refractivity contribution in [2.45, 2.75) is 129 Å². The molecule has 224 valence electrons. The number of amides is 4. The van der Waals surface area contributed by atoms with Crippen LogP contribution in [-0.4, -0.2) is 52.9 Å². The molecule has 0 aliphatic heterocycles. The van der Waals surface area contributed by atoms with E-state index in [1.165, 1.54) is 4.90 Å². The Morgan fingerprint density at radius 2 is 1.65 bits per heavy atom. The van der Waals surface area contributed by atoms with Crippen molar-refractivity contribution in [2.75, 3.05) is 6.54 Å². The third kappa shape index (κ3) is 11.2. The zero-order chi connectivity index (χ0) is 29.7. The standard InChI is InChI=1S/C31H50N4O5/c1-6-8-9-13-20-35(29(38)25(21-26(32)36)34-30(39)40-31(3,4)5)27(23-18-16-22(7-2)17-19-23)28(37)33-24-14-11-10-12-15-24/h16-19,24-25,27H,6-15,20-21H2,1-5H3,(H2,32,36)(H,33,37)(H,34,39). The summed E-state index contributed by atoms with van der Waals surface area (Å²) in [5, 5.41) is 5.74. The van der Waals surface area contributed by atoms with Crippen LogP contribution in [0.1, 0.15) is 116 Å². The second-order valence-electron chi connectivity index (χ2n) is 11.8. The van der Waals surface area contributed by atoms with Crippen molar-refractivity contribution >= 4 is 23.8 Å². The van der Waals surface area contributed by atoms with E-state index < -0.39 is 42.0 Å². The molecule has 0 saturated heterocycles. The predicted octanol–water partition coefficient (Wildman–Crippen LogP) is 4.92. The lowest BCUT2D eigenvalue weighted by atomic mass is 9.94. The van der Waals surface area contributed by atoms with Gasteiger partial charge in [0.25, 0.3) is 0 Å². The van der Waals surface area contributed by atoms with E-state index in [0.717, 1.165) is 63.4 Å². The van der Waals surface area contributed by atoms with E-state index in [1.807, 2.05) is 24.3 Å². The number of rotatable bonds is 14. The first-order chi connectivity index (χ1) is 18.9. The Morgan fingerprint density at radius 1 is 1.00 bits per heavy atom. The minimum atomic E-state index is -1.27. The van der Waals surface area contributed by atoms with Crippen LogP contribution in [0.5, 0.6) is 0 Å². The van der Waals surface area contributed by atoms with Crippen LogP contribution in [-0.2, 0) is 25.5 Å². The summed E-state index contributed by atoms with van der Waals surface area (Å²) in [6.07, 6.45) is 8.26. The molecule has 0 spiro atoms. The molecule has 1 aromatic rings. The van der Waals surface area contributed by atoms with E-state index in [4.69, 9.17) is 10.5 Å². The molecule has 2 rings (SSSR count). The molecule has 4 amide bonds. The van der Waals surface area contributed by atoms with Crippen molar-refractivity contribution < 1.29 is 23.9 Å². The lowest BCUT2D eigenvalue weighted by Crippen LogP contribution is -2.55. The molecule has 40 heavy (non-hydrogen) atoms. The van der Waals surface area contributed by atoms with Gasteiger partial charge in [0, 0.05) is 12.6 Å². The number of benzene rings is 1. The summed E-state index contributed by atoms with van der Waals surface area (Å²) in [5.74, 6) is -1.53. The Labute approximate surface area is 240 Å². The van der Waals surface area contributed by atoms with Crippen molar-refractivity contribution in [3.8, 4) is 0 Å². The second kappa shape index (κ2) is 16.2. The van der Waals surface area contributed by atoms with E-state index in [-0.39, 0.29) is 11.9 Å². The van der Waals surface area contributed by atoms with Crippen molar-refractivity contribution in [1.29, 1.82) is 0 Å². The molecular formula is C31H50N4O5. The van der Waals surface area contributed by atoms with Gasteiger partial charge >= 0.3 is 6.09 Å². The summed E-state index contributed by atoms with van der Waals surface area (Å²) in [6.45, 7) is 9.59. The highest BCUT2D eigenvalue weighted by Gasteiger charge is 2.37. The van der Waals surface area contributed by atoms with Gasteiger partial charge in [0.05, 0.1) is 6.42 Å². The summed E-state index contributed by atoms with van der Waals surface area (Å²) < 4.78 is 5.36. The van der Waals surface area contributed by atoms with Crippen LogP contribution in [0.3, 0.4) is 0 Å². The molecule has 9 nitrogen and oxygen atoms in total. The van der Waals surface area contributed by atoms with Gasteiger partial charge in [0.2, 0.25) is 17.7 Å². The van der Waals surface area contributed by atoms with Crippen LogP contribution in [0.4, 0.5) is 4.79 Å². The monoisotopic (exact) mass is 558 g/mol. The van der Waals surface area contributed by atoms with Crippen LogP contribution in [0.15, 0.2) is 24.3 Å². The molecule has 0 heterocycles. The molecule has 0 bridgehead atoms. The molecule has 9 heteroatoms. The number of nitrogens with two attached hydrogens (primary N) is 1. The Kier molecular flexibility index (Phi) is 13.4. The molecule has 2 unspecified atom stereocenters. The molecule has 0 radical (unpaired) electrons.